The van der Waals surface area contributed by atoms with E-state index in [1.807, 2.05) is 42.6 Å². The molecule has 1 N–H and O–H groups in total. The Bertz CT molecular complexity index is 1030. The Morgan fingerprint density at radius 1 is 1.23 bits per heavy atom. The normalized spacial score (nSPS) is 11.0. The summed E-state index contributed by atoms with van der Waals surface area (Å²) in [4.78, 5) is 11.3. The van der Waals surface area contributed by atoms with Gasteiger partial charge in [0.25, 0.3) is 5.91 Å². The minimum Gasteiger partial charge on any atom is -0.342 e. The molecule has 26 heavy (non-hydrogen) atoms. The quantitative estimate of drug-likeness (QED) is 0.524. The summed E-state index contributed by atoms with van der Waals surface area (Å²) in [6, 6.07) is 15.2. The van der Waals surface area contributed by atoms with E-state index in [-0.39, 0.29) is 6.42 Å². The number of fused-ring (bicyclic) bond motifs is 1. The molecule has 7 heteroatoms. The summed E-state index contributed by atoms with van der Waals surface area (Å²) in [5.74, 6) is -0.441. The molecule has 3 aromatic rings. The molecule has 0 bridgehead atoms. The van der Waals surface area contributed by atoms with Crippen molar-refractivity contribution in [3.05, 3.63) is 69.8 Å². The Morgan fingerprint density at radius 3 is 2.81 bits per heavy atom. The number of benzene rings is 2. The van der Waals surface area contributed by atoms with Gasteiger partial charge in [0.2, 0.25) is 0 Å². The van der Waals surface area contributed by atoms with Crippen molar-refractivity contribution in [3.8, 4) is 6.07 Å². The predicted octanol–water partition coefficient (Wildman–Crippen LogP) is 4.36. The second-order valence-electron chi connectivity index (χ2n) is 5.61. The Balaban J connectivity index is 1.89. The molecule has 0 radical (unpaired) electrons. The summed E-state index contributed by atoms with van der Waals surface area (Å²) in [5, 5.41) is 14.5. The number of nitrogens with zero attached hydrogens (tertiary/aromatic N) is 3. The molecule has 3 rings (SSSR count). The van der Waals surface area contributed by atoms with Crippen molar-refractivity contribution in [2.75, 3.05) is 0 Å². The van der Waals surface area contributed by atoms with Crippen molar-refractivity contribution < 1.29 is 4.79 Å². The van der Waals surface area contributed by atoms with Gasteiger partial charge in [0.05, 0.1) is 22.3 Å². The summed E-state index contributed by atoms with van der Waals surface area (Å²) in [6.07, 6.45) is 3.30. The maximum absolute atomic E-state index is 11.3. The van der Waals surface area contributed by atoms with Gasteiger partial charge in [0.1, 0.15) is 6.42 Å². The fourth-order valence-corrected chi connectivity index (χ4v) is 2.95. The average Bonchev–Trinajstić information content (AvgIpc) is 2.96. The molecule has 0 fully saturated rings. The summed E-state index contributed by atoms with van der Waals surface area (Å²) >= 11 is 12.1. The molecule has 1 heterocycles. The second kappa shape index (κ2) is 8.05. The molecule has 0 atom stereocenters. The smallest absolute Gasteiger partial charge is 0.254 e. The molecule has 0 aliphatic rings. The lowest BCUT2D eigenvalue weighted by Gasteiger charge is -2.06. The summed E-state index contributed by atoms with van der Waals surface area (Å²) in [6.45, 7) is 0.617. The van der Waals surface area contributed by atoms with Crippen molar-refractivity contribution in [2.45, 2.75) is 13.0 Å². The van der Waals surface area contributed by atoms with E-state index in [0.29, 0.717) is 16.6 Å². The zero-order chi connectivity index (χ0) is 18.5. The molecule has 130 valence electrons. The monoisotopic (exact) mass is 384 g/mol. The van der Waals surface area contributed by atoms with Crippen LogP contribution in [0.5, 0.6) is 0 Å². The zero-order valence-electron chi connectivity index (χ0n) is 13.6. The number of hydrogen-bond acceptors (Lipinski definition) is 3. The number of aromatic nitrogens is 1. The second-order valence-corrected chi connectivity index (χ2v) is 6.42. The first-order valence-corrected chi connectivity index (χ1v) is 8.54. The van der Waals surface area contributed by atoms with Crippen LogP contribution in [0.25, 0.3) is 10.9 Å². The van der Waals surface area contributed by atoms with Crippen LogP contribution in [-0.2, 0) is 11.3 Å². The molecular weight excluding hydrogens is 371 g/mol. The molecule has 5 nitrogen and oxygen atoms in total. The van der Waals surface area contributed by atoms with Gasteiger partial charge in [0, 0.05) is 29.2 Å². The number of hydrogen-bond donors (Lipinski definition) is 1. The molecule has 2 aromatic carbocycles. The number of hydrazone groups is 1. The van der Waals surface area contributed by atoms with E-state index in [2.05, 4.69) is 15.1 Å². The van der Waals surface area contributed by atoms with Crippen molar-refractivity contribution in [1.82, 2.24) is 9.99 Å². The summed E-state index contributed by atoms with van der Waals surface area (Å²) < 4.78 is 2.08. The zero-order valence-corrected chi connectivity index (χ0v) is 15.1. The Labute approximate surface area is 160 Å². The van der Waals surface area contributed by atoms with Crippen LogP contribution in [0.4, 0.5) is 0 Å². The minimum atomic E-state index is -0.441. The number of amides is 1. The van der Waals surface area contributed by atoms with E-state index in [9.17, 15) is 4.79 Å². The standard InChI is InChI=1S/C19H14Cl2N4O/c20-16-6-5-13(9-17(16)21)11-25-12-14(10-23-24-19(26)7-8-22)15-3-1-2-4-18(15)25/h1-6,9-10,12H,7,11H2,(H,24,26)/b23-10+. The molecule has 0 aliphatic carbocycles. The van der Waals surface area contributed by atoms with Crippen molar-refractivity contribution in [2.24, 2.45) is 5.10 Å². The van der Waals surface area contributed by atoms with E-state index >= 15 is 0 Å². The van der Waals surface area contributed by atoms with E-state index in [1.54, 1.807) is 18.4 Å². The molecule has 0 unspecified atom stereocenters. The van der Waals surface area contributed by atoms with Crippen LogP contribution in [0.3, 0.4) is 0 Å². The van der Waals surface area contributed by atoms with Gasteiger partial charge in [-0.05, 0) is 23.8 Å². The average molecular weight is 385 g/mol. The van der Waals surface area contributed by atoms with Crippen LogP contribution in [0.1, 0.15) is 17.5 Å². The highest BCUT2D eigenvalue weighted by molar-refractivity contribution is 6.42. The number of carbonyl (C=O) groups excluding carboxylic acids is 1. The Hall–Kier alpha value is -2.81. The number of rotatable bonds is 5. The van der Waals surface area contributed by atoms with Crippen molar-refractivity contribution >= 4 is 46.2 Å². The van der Waals surface area contributed by atoms with E-state index in [0.717, 1.165) is 22.0 Å². The van der Waals surface area contributed by atoms with Crippen molar-refractivity contribution in [1.29, 1.82) is 5.26 Å². The van der Waals surface area contributed by atoms with Gasteiger partial charge >= 0.3 is 0 Å². The van der Waals surface area contributed by atoms with Crippen molar-refractivity contribution in [3.63, 3.8) is 0 Å². The van der Waals surface area contributed by atoms with Gasteiger partial charge in [-0.25, -0.2) is 5.43 Å². The first-order chi connectivity index (χ1) is 12.6. The van der Waals surface area contributed by atoms with Gasteiger partial charge in [-0.3, -0.25) is 4.79 Å². The highest BCUT2D eigenvalue weighted by Crippen LogP contribution is 2.25. The predicted molar refractivity (Wildman–Crippen MR) is 103 cm³/mol. The molecule has 0 aliphatic heterocycles. The van der Waals surface area contributed by atoms with E-state index in [4.69, 9.17) is 28.5 Å². The number of nitriles is 1. The third kappa shape index (κ3) is 4.05. The maximum atomic E-state index is 11.3. The first-order valence-electron chi connectivity index (χ1n) is 7.79. The molecule has 1 amide bonds. The number of nitrogens with one attached hydrogen (secondary N) is 1. The highest BCUT2D eigenvalue weighted by Gasteiger charge is 2.08. The molecule has 0 saturated heterocycles. The largest absolute Gasteiger partial charge is 0.342 e. The lowest BCUT2D eigenvalue weighted by molar-refractivity contribution is -0.120. The Kier molecular flexibility index (Phi) is 5.57. The Morgan fingerprint density at radius 2 is 2.04 bits per heavy atom. The van der Waals surface area contributed by atoms with Gasteiger partial charge in [-0.1, -0.05) is 47.5 Å². The number of carbonyl (C=O) groups is 1. The van der Waals surface area contributed by atoms with Crippen LogP contribution in [0.15, 0.2) is 53.8 Å². The maximum Gasteiger partial charge on any atom is 0.254 e. The van der Waals surface area contributed by atoms with Crippen LogP contribution >= 0.6 is 23.2 Å². The third-order valence-corrected chi connectivity index (χ3v) is 4.53. The number of halogens is 2. The lowest BCUT2D eigenvalue weighted by Crippen LogP contribution is -2.16. The fourth-order valence-electron chi connectivity index (χ4n) is 2.63. The lowest BCUT2D eigenvalue weighted by atomic mass is 10.2. The van der Waals surface area contributed by atoms with E-state index < -0.39 is 5.91 Å². The molecular formula is C19H14Cl2N4O. The van der Waals surface area contributed by atoms with Gasteiger partial charge in [-0.15, -0.1) is 0 Å². The van der Waals surface area contributed by atoms with Crippen LogP contribution in [-0.4, -0.2) is 16.7 Å². The summed E-state index contributed by atoms with van der Waals surface area (Å²) in [7, 11) is 0. The fraction of sp³-hybridized carbons (Fsp3) is 0.105. The first kappa shape index (κ1) is 18.0. The topological polar surface area (TPSA) is 70.2 Å². The number of para-hydroxylation sites is 1. The van der Waals surface area contributed by atoms with Crippen LogP contribution < -0.4 is 5.43 Å². The highest BCUT2D eigenvalue weighted by atomic mass is 35.5. The molecule has 1 aromatic heterocycles. The van der Waals surface area contributed by atoms with E-state index in [1.165, 1.54) is 0 Å². The molecule has 0 spiro atoms. The minimum absolute atomic E-state index is 0.226. The van der Waals surface area contributed by atoms with Gasteiger partial charge in [-0.2, -0.15) is 10.4 Å². The van der Waals surface area contributed by atoms with Crippen LogP contribution in [0.2, 0.25) is 10.0 Å². The third-order valence-electron chi connectivity index (χ3n) is 3.79. The van der Waals surface area contributed by atoms with Gasteiger partial charge in [0.15, 0.2) is 0 Å². The molecule has 0 saturated carbocycles. The summed E-state index contributed by atoms with van der Waals surface area (Å²) in [5.41, 5.74) is 5.25. The van der Waals surface area contributed by atoms with Gasteiger partial charge < -0.3 is 4.57 Å². The SMILES string of the molecule is N#CCC(=O)N/N=C/c1cn(Cc2ccc(Cl)c(Cl)c2)c2ccccc12. The van der Waals surface area contributed by atoms with Crippen LogP contribution in [0, 0.1) is 11.3 Å².